The molecule has 0 saturated carbocycles. The van der Waals surface area contributed by atoms with Gasteiger partial charge in [0.25, 0.3) is 0 Å². The van der Waals surface area contributed by atoms with Crippen LogP contribution in [-0.4, -0.2) is 47.8 Å². The fourth-order valence-electron chi connectivity index (χ4n) is 2.71. The molecule has 0 spiro atoms. The highest BCUT2D eigenvalue weighted by molar-refractivity contribution is 14.0. The van der Waals surface area contributed by atoms with Crippen LogP contribution in [0.2, 0.25) is 0 Å². The Bertz CT molecular complexity index is 668. The topological polar surface area (TPSA) is 57.5 Å². The smallest absolute Gasteiger partial charge is 0.191 e. The van der Waals surface area contributed by atoms with Crippen molar-refractivity contribution in [3.8, 4) is 0 Å². The van der Waals surface area contributed by atoms with Crippen LogP contribution in [0.5, 0.6) is 0 Å². The van der Waals surface area contributed by atoms with Gasteiger partial charge in [-0.3, -0.25) is 9.67 Å². The minimum atomic E-state index is 0. The zero-order valence-electron chi connectivity index (χ0n) is 16.3. The van der Waals surface area contributed by atoms with Gasteiger partial charge in [0.2, 0.25) is 0 Å². The van der Waals surface area contributed by atoms with Crippen molar-refractivity contribution in [3.63, 3.8) is 0 Å². The lowest BCUT2D eigenvalue weighted by molar-refractivity contribution is 0.306. The van der Waals surface area contributed by atoms with E-state index < -0.39 is 0 Å². The van der Waals surface area contributed by atoms with Gasteiger partial charge in [0.15, 0.2) is 5.96 Å². The number of benzene rings is 1. The van der Waals surface area contributed by atoms with Gasteiger partial charge in [0.1, 0.15) is 0 Å². The first-order chi connectivity index (χ1) is 12.0. The second-order valence-corrected chi connectivity index (χ2v) is 6.42. The number of aryl methyl sites for hydroxylation is 1. The van der Waals surface area contributed by atoms with Crippen molar-refractivity contribution >= 4 is 29.9 Å². The van der Waals surface area contributed by atoms with Gasteiger partial charge in [0, 0.05) is 25.4 Å². The van der Waals surface area contributed by atoms with Crippen LogP contribution in [0.25, 0.3) is 0 Å². The van der Waals surface area contributed by atoms with E-state index >= 15 is 0 Å². The SMILES string of the molecule is CCNC(=NCC(c1cnn(C)c1)N(C)C)NC(C)c1ccccc1.I. The number of rotatable bonds is 7. The van der Waals surface area contributed by atoms with Gasteiger partial charge < -0.3 is 15.5 Å². The molecule has 0 radical (unpaired) electrons. The van der Waals surface area contributed by atoms with Crippen molar-refractivity contribution in [3.05, 3.63) is 53.9 Å². The fourth-order valence-corrected chi connectivity index (χ4v) is 2.71. The van der Waals surface area contributed by atoms with E-state index in [2.05, 4.69) is 72.8 Å². The largest absolute Gasteiger partial charge is 0.357 e. The Morgan fingerprint density at radius 3 is 2.46 bits per heavy atom. The highest BCUT2D eigenvalue weighted by atomic mass is 127. The van der Waals surface area contributed by atoms with Crippen LogP contribution >= 0.6 is 24.0 Å². The Morgan fingerprint density at radius 1 is 1.23 bits per heavy atom. The molecule has 1 heterocycles. The summed E-state index contributed by atoms with van der Waals surface area (Å²) in [5, 5.41) is 11.1. The van der Waals surface area contributed by atoms with E-state index in [1.165, 1.54) is 11.1 Å². The van der Waals surface area contributed by atoms with Crippen LogP contribution in [-0.2, 0) is 7.05 Å². The van der Waals surface area contributed by atoms with E-state index in [1.807, 2.05) is 30.2 Å². The van der Waals surface area contributed by atoms with Crippen LogP contribution in [0.4, 0.5) is 0 Å². The van der Waals surface area contributed by atoms with E-state index in [4.69, 9.17) is 4.99 Å². The summed E-state index contributed by atoms with van der Waals surface area (Å²) in [6.45, 7) is 5.71. The molecule has 2 unspecified atom stereocenters. The van der Waals surface area contributed by atoms with Gasteiger partial charge in [-0.1, -0.05) is 30.3 Å². The summed E-state index contributed by atoms with van der Waals surface area (Å²) in [5.41, 5.74) is 2.41. The molecule has 0 aliphatic carbocycles. The molecule has 0 bridgehead atoms. The molecule has 0 fully saturated rings. The van der Waals surface area contributed by atoms with Gasteiger partial charge >= 0.3 is 0 Å². The Hall–Kier alpha value is -1.61. The van der Waals surface area contributed by atoms with Crippen LogP contribution in [0.3, 0.4) is 0 Å². The first kappa shape index (κ1) is 22.4. The molecule has 2 aromatic rings. The first-order valence-electron chi connectivity index (χ1n) is 8.76. The molecule has 0 amide bonds. The van der Waals surface area contributed by atoms with E-state index in [0.717, 1.165) is 12.5 Å². The molecule has 7 heteroatoms. The van der Waals surface area contributed by atoms with Crippen molar-refractivity contribution in [2.24, 2.45) is 12.0 Å². The molecule has 1 aromatic carbocycles. The van der Waals surface area contributed by atoms with Crippen molar-refractivity contribution in [1.82, 2.24) is 25.3 Å². The van der Waals surface area contributed by atoms with E-state index in [-0.39, 0.29) is 36.1 Å². The molecule has 0 aliphatic rings. The van der Waals surface area contributed by atoms with Crippen LogP contribution in [0, 0.1) is 0 Å². The van der Waals surface area contributed by atoms with Gasteiger partial charge in [-0.05, 0) is 33.5 Å². The van der Waals surface area contributed by atoms with Gasteiger partial charge in [0.05, 0.1) is 24.8 Å². The minimum Gasteiger partial charge on any atom is -0.357 e. The lowest BCUT2D eigenvalue weighted by Gasteiger charge is -2.23. The van der Waals surface area contributed by atoms with Crippen molar-refractivity contribution in [1.29, 1.82) is 0 Å². The molecule has 26 heavy (non-hydrogen) atoms. The lowest BCUT2D eigenvalue weighted by Crippen LogP contribution is -2.39. The zero-order chi connectivity index (χ0) is 18.2. The molecule has 1 aromatic heterocycles. The average molecular weight is 470 g/mol. The fraction of sp³-hybridized carbons (Fsp3) is 0.474. The van der Waals surface area contributed by atoms with E-state index in [1.54, 1.807) is 0 Å². The maximum atomic E-state index is 4.80. The molecule has 2 atom stereocenters. The third kappa shape index (κ3) is 6.60. The molecule has 2 rings (SSSR count). The Balaban J connectivity index is 0.00000338. The Morgan fingerprint density at radius 2 is 1.92 bits per heavy atom. The summed E-state index contributed by atoms with van der Waals surface area (Å²) in [7, 11) is 6.08. The van der Waals surface area contributed by atoms with E-state index in [0.29, 0.717) is 6.54 Å². The molecule has 144 valence electrons. The minimum absolute atomic E-state index is 0. The van der Waals surface area contributed by atoms with Crippen molar-refractivity contribution in [2.45, 2.75) is 25.9 Å². The predicted molar refractivity (Wildman–Crippen MR) is 119 cm³/mol. The number of aromatic nitrogens is 2. The Labute approximate surface area is 174 Å². The van der Waals surface area contributed by atoms with E-state index in [9.17, 15) is 0 Å². The summed E-state index contributed by atoms with van der Waals surface area (Å²) in [6, 6.07) is 10.8. The van der Waals surface area contributed by atoms with Crippen LogP contribution < -0.4 is 10.6 Å². The summed E-state index contributed by atoms with van der Waals surface area (Å²) in [5.74, 6) is 0.828. The number of halogens is 1. The standard InChI is InChI=1S/C19H30N6.HI/c1-6-20-19(23-15(2)16-10-8-7-9-11-16)21-13-18(24(3)4)17-12-22-25(5)14-17;/h7-12,14-15,18H,6,13H2,1-5H3,(H2,20,21,23);1H. The number of guanidine groups is 1. The second kappa shape index (κ2) is 11.2. The summed E-state index contributed by atoms with van der Waals surface area (Å²) < 4.78 is 1.83. The number of hydrogen-bond acceptors (Lipinski definition) is 3. The van der Waals surface area contributed by atoms with Crippen LogP contribution in [0.1, 0.15) is 37.1 Å². The average Bonchev–Trinajstić information content (AvgIpc) is 3.01. The highest BCUT2D eigenvalue weighted by Crippen LogP contribution is 2.18. The molecule has 0 saturated heterocycles. The van der Waals surface area contributed by atoms with Gasteiger partial charge in [-0.2, -0.15) is 5.10 Å². The number of hydrogen-bond donors (Lipinski definition) is 2. The number of aliphatic imine (C=N–C) groups is 1. The predicted octanol–water partition coefficient (Wildman–Crippen LogP) is 2.96. The Kier molecular flexibility index (Phi) is 9.64. The lowest BCUT2D eigenvalue weighted by atomic mass is 10.1. The molecule has 0 aliphatic heterocycles. The van der Waals surface area contributed by atoms with Crippen LogP contribution in [0.15, 0.2) is 47.7 Å². The normalized spacial score (nSPS) is 13.8. The number of likely N-dealkylation sites (N-methyl/N-ethyl adjacent to an activating group) is 1. The summed E-state index contributed by atoms with van der Waals surface area (Å²) in [6.07, 6.45) is 3.96. The maximum Gasteiger partial charge on any atom is 0.191 e. The second-order valence-electron chi connectivity index (χ2n) is 6.42. The maximum absolute atomic E-state index is 4.80. The van der Waals surface area contributed by atoms with Gasteiger partial charge in [-0.15, -0.1) is 24.0 Å². The summed E-state index contributed by atoms with van der Waals surface area (Å²) in [4.78, 5) is 6.97. The third-order valence-electron chi connectivity index (χ3n) is 4.15. The van der Waals surface area contributed by atoms with Gasteiger partial charge in [-0.25, -0.2) is 0 Å². The zero-order valence-corrected chi connectivity index (χ0v) is 18.6. The number of nitrogens with zero attached hydrogens (tertiary/aromatic N) is 4. The molecule has 6 nitrogen and oxygen atoms in total. The summed E-state index contributed by atoms with van der Waals surface area (Å²) >= 11 is 0. The molecule has 2 N–H and O–H groups in total. The monoisotopic (exact) mass is 470 g/mol. The number of nitrogens with one attached hydrogen (secondary N) is 2. The molecular formula is C19H31IN6. The third-order valence-corrected chi connectivity index (χ3v) is 4.15. The highest BCUT2D eigenvalue weighted by Gasteiger charge is 2.16. The first-order valence-corrected chi connectivity index (χ1v) is 8.76. The molecular weight excluding hydrogens is 439 g/mol. The van der Waals surface area contributed by atoms with Crippen molar-refractivity contribution in [2.75, 3.05) is 27.2 Å². The van der Waals surface area contributed by atoms with Crippen molar-refractivity contribution < 1.29 is 0 Å². The quantitative estimate of drug-likeness (QED) is 0.371.